The van der Waals surface area contributed by atoms with E-state index in [0.29, 0.717) is 0 Å². The van der Waals surface area contributed by atoms with Crippen LogP contribution in [0.15, 0.2) is 52.4 Å². The summed E-state index contributed by atoms with van der Waals surface area (Å²) in [6.07, 6.45) is 3.73. The highest BCUT2D eigenvalue weighted by Gasteiger charge is 2.00. The van der Waals surface area contributed by atoms with Gasteiger partial charge in [0.1, 0.15) is 5.75 Å². The van der Waals surface area contributed by atoms with Crippen molar-refractivity contribution in [3.8, 4) is 5.75 Å². The maximum atomic E-state index is 9.66. The normalized spacial score (nSPS) is 11.0. The molecule has 2 nitrogen and oxygen atoms in total. The van der Waals surface area contributed by atoms with E-state index in [1.54, 1.807) is 30.1 Å². The van der Waals surface area contributed by atoms with Crippen LogP contribution in [0.1, 0.15) is 11.1 Å². The van der Waals surface area contributed by atoms with Gasteiger partial charge in [-0.1, -0.05) is 18.2 Å². The number of rotatable bonds is 3. The Balaban J connectivity index is 2.32. The molecular formula is C15H15NOS. The molecule has 0 radical (unpaired) electrons. The Morgan fingerprint density at radius 2 is 1.94 bits per heavy atom. The molecule has 0 saturated carbocycles. The smallest absolute Gasteiger partial charge is 0.124 e. The molecule has 0 aliphatic carbocycles. The third kappa shape index (κ3) is 2.93. The lowest BCUT2D eigenvalue weighted by atomic mass is 10.2. The minimum Gasteiger partial charge on any atom is -0.507 e. The van der Waals surface area contributed by atoms with E-state index < -0.39 is 0 Å². The van der Waals surface area contributed by atoms with Crippen LogP contribution < -0.4 is 0 Å². The van der Waals surface area contributed by atoms with Gasteiger partial charge < -0.3 is 5.11 Å². The number of hydrogen-bond donors (Lipinski definition) is 1. The van der Waals surface area contributed by atoms with Crippen molar-refractivity contribution >= 4 is 23.7 Å². The van der Waals surface area contributed by atoms with Crippen LogP contribution in [-0.2, 0) is 0 Å². The van der Waals surface area contributed by atoms with Gasteiger partial charge in [-0.15, -0.1) is 11.8 Å². The van der Waals surface area contributed by atoms with Crippen LogP contribution in [0.25, 0.3) is 0 Å². The molecule has 0 aromatic heterocycles. The number of aryl methyl sites for hydroxylation is 1. The number of nitrogens with zero attached hydrogens (tertiary/aromatic N) is 1. The average molecular weight is 257 g/mol. The third-order valence-electron chi connectivity index (χ3n) is 2.61. The predicted molar refractivity (Wildman–Crippen MR) is 78.3 cm³/mol. The summed E-state index contributed by atoms with van der Waals surface area (Å²) < 4.78 is 0. The maximum absolute atomic E-state index is 9.66. The van der Waals surface area contributed by atoms with E-state index in [1.807, 2.05) is 30.5 Å². The van der Waals surface area contributed by atoms with Crippen LogP contribution in [0.4, 0.5) is 5.69 Å². The van der Waals surface area contributed by atoms with E-state index in [4.69, 9.17) is 0 Å². The van der Waals surface area contributed by atoms with Crippen molar-refractivity contribution in [3.63, 3.8) is 0 Å². The lowest BCUT2D eigenvalue weighted by Crippen LogP contribution is -1.82. The SMILES string of the molecule is CSc1cc(C)ccc1N=Cc1ccccc1O. The van der Waals surface area contributed by atoms with E-state index in [2.05, 4.69) is 18.0 Å². The first-order valence-corrected chi connectivity index (χ1v) is 6.90. The molecule has 0 bridgehead atoms. The van der Waals surface area contributed by atoms with Crippen molar-refractivity contribution in [1.82, 2.24) is 0 Å². The van der Waals surface area contributed by atoms with Gasteiger partial charge in [0.05, 0.1) is 5.69 Å². The molecule has 0 amide bonds. The monoisotopic (exact) mass is 257 g/mol. The quantitative estimate of drug-likeness (QED) is 0.661. The first kappa shape index (κ1) is 12.7. The second-order valence-corrected chi connectivity index (χ2v) is 4.84. The van der Waals surface area contributed by atoms with Crippen molar-refractivity contribution < 1.29 is 5.11 Å². The molecule has 18 heavy (non-hydrogen) atoms. The molecule has 2 rings (SSSR count). The third-order valence-corrected chi connectivity index (χ3v) is 3.38. The Morgan fingerprint density at radius 1 is 1.17 bits per heavy atom. The summed E-state index contributed by atoms with van der Waals surface area (Å²) >= 11 is 1.67. The zero-order valence-electron chi connectivity index (χ0n) is 10.4. The Hall–Kier alpha value is -1.74. The molecular weight excluding hydrogens is 242 g/mol. The summed E-state index contributed by atoms with van der Waals surface area (Å²) in [6, 6.07) is 13.3. The second kappa shape index (κ2) is 5.74. The number of hydrogen-bond acceptors (Lipinski definition) is 3. The fraction of sp³-hybridized carbons (Fsp3) is 0.133. The van der Waals surface area contributed by atoms with Crippen LogP contribution in [-0.4, -0.2) is 17.6 Å². The van der Waals surface area contributed by atoms with E-state index in [-0.39, 0.29) is 5.75 Å². The van der Waals surface area contributed by atoms with E-state index >= 15 is 0 Å². The first-order chi connectivity index (χ1) is 8.70. The van der Waals surface area contributed by atoms with Gasteiger partial charge in [0.15, 0.2) is 0 Å². The van der Waals surface area contributed by atoms with Crippen molar-refractivity contribution in [3.05, 3.63) is 53.6 Å². The minimum absolute atomic E-state index is 0.249. The molecule has 2 aromatic rings. The first-order valence-electron chi connectivity index (χ1n) is 5.67. The Morgan fingerprint density at radius 3 is 2.67 bits per heavy atom. The molecule has 0 aliphatic heterocycles. The number of para-hydroxylation sites is 1. The Kier molecular flexibility index (Phi) is 4.05. The van der Waals surface area contributed by atoms with Gasteiger partial charge in [-0.05, 0) is 43.0 Å². The molecule has 2 aromatic carbocycles. The van der Waals surface area contributed by atoms with E-state index in [9.17, 15) is 5.11 Å². The van der Waals surface area contributed by atoms with Gasteiger partial charge in [-0.25, -0.2) is 0 Å². The molecule has 0 atom stereocenters. The van der Waals surface area contributed by atoms with Crippen molar-refractivity contribution in [1.29, 1.82) is 0 Å². The molecule has 0 unspecified atom stereocenters. The van der Waals surface area contributed by atoms with Crippen LogP contribution in [0.5, 0.6) is 5.75 Å². The Labute approximate surface area is 111 Å². The predicted octanol–water partition coefficient (Wildman–Crippen LogP) is 4.17. The fourth-order valence-corrected chi connectivity index (χ4v) is 2.26. The summed E-state index contributed by atoms with van der Waals surface area (Å²) in [4.78, 5) is 5.58. The van der Waals surface area contributed by atoms with Gasteiger partial charge in [-0.2, -0.15) is 0 Å². The summed E-state index contributed by atoms with van der Waals surface area (Å²) in [7, 11) is 0. The van der Waals surface area contributed by atoms with Gasteiger partial charge in [0.2, 0.25) is 0 Å². The highest BCUT2D eigenvalue weighted by atomic mass is 32.2. The second-order valence-electron chi connectivity index (χ2n) is 3.99. The van der Waals surface area contributed by atoms with Crippen molar-refractivity contribution in [2.24, 2.45) is 4.99 Å². The number of aromatic hydroxyl groups is 1. The van der Waals surface area contributed by atoms with Gasteiger partial charge >= 0.3 is 0 Å². The molecule has 0 saturated heterocycles. The topological polar surface area (TPSA) is 32.6 Å². The number of aliphatic imine (C=N–C) groups is 1. The maximum Gasteiger partial charge on any atom is 0.124 e. The lowest BCUT2D eigenvalue weighted by Gasteiger charge is -2.03. The fourth-order valence-electron chi connectivity index (χ4n) is 1.63. The summed E-state index contributed by atoms with van der Waals surface area (Å²) in [5, 5.41) is 9.66. The Bertz CT molecular complexity index is 578. The molecule has 1 N–H and O–H groups in total. The van der Waals surface area contributed by atoms with E-state index in [1.165, 1.54) is 5.56 Å². The summed E-state index contributed by atoms with van der Waals surface area (Å²) in [5.74, 6) is 0.249. The lowest BCUT2D eigenvalue weighted by molar-refractivity contribution is 0.474. The molecule has 0 heterocycles. The number of thioether (sulfide) groups is 1. The van der Waals surface area contributed by atoms with E-state index in [0.717, 1.165) is 16.1 Å². The van der Waals surface area contributed by atoms with Crippen molar-refractivity contribution in [2.45, 2.75) is 11.8 Å². The molecule has 92 valence electrons. The zero-order chi connectivity index (χ0) is 13.0. The number of benzene rings is 2. The standard InChI is InChI=1S/C15H15NOS/c1-11-7-8-13(15(9-11)18-2)16-10-12-5-3-4-6-14(12)17/h3-10,17H,1-2H3. The largest absolute Gasteiger partial charge is 0.507 e. The highest BCUT2D eigenvalue weighted by molar-refractivity contribution is 7.98. The summed E-state index contributed by atoms with van der Waals surface area (Å²) in [6.45, 7) is 2.07. The number of phenols is 1. The van der Waals surface area contributed by atoms with Gasteiger partial charge in [0.25, 0.3) is 0 Å². The molecule has 0 fully saturated rings. The van der Waals surface area contributed by atoms with Crippen LogP contribution >= 0.6 is 11.8 Å². The van der Waals surface area contributed by atoms with Crippen LogP contribution in [0.2, 0.25) is 0 Å². The summed E-state index contributed by atoms with van der Waals surface area (Å²) in [5.41, 5.74) is 2.88. The van der Waals surface area contributed by atoms with Gasteiger partial charge in [-0.3, -0.25) is 4.99 Å². The molecule has 0 spiro atoms. The molecule has 3 heteroatoms. The van der Waals surface area contributed by atoms with Crippen molar-refractivity contribution in [2.75, 3.05) is 6.26 Å². The van der Waals surface area contributed by atoms with Gasteiger partial charge in [0, 0.05) is 16.7 Å². The molecule has 0 aliphatic rings. The van der Waals surface area contributed by atoms with Crippen LogP contribution in [0, 0.1) is 6.92 Å². The number of phenolic OH excluding ortho intramolecular Hbond substituents is 1. The zero-order valence-corrected chi connectivity index (χ0v) is 11.2. The minimum atomic E-state index is 0.249. The van der Waals surface area contributed by atoms with Crippen LogP contribution in [0.3, 0.4) is 0 Å². The highest BCUT2D eigenvalue weighted by Crippen LogP contribution is 2.29. The average Bonchev–Trinajstić information content (AvgIpc) is 2.39.